The monoisotopic (exact) mass is 212 g/mol. The first-order valence-electron chi connectivity index (χ1n) is 4.18. The number of aliphatic hydroxyl groups is 1. The van der Waals surface area contributed by atoms with E-state index in [1.807, 2.05) is 22.9 Å². The van der Waals surface area contributed by atoms with Gasteiger partial charge >= 0.3 is 5.97 Å². The van der Waals surface area contributed by atoms with Gasteiger partial charge in [0.25, 0.3) is 0 Å². The van der Waals surface area contributed by atoms with Gasteiger partial charge in [-0.25, -0.2) is 0 Å². The number of ether oxygens (including phenoxy) is 1. The largest absolute Gasteiger partial charge is 0.461 e. The van der Waals surface area contributed by atoms with E-state index in [9.17, 15) is 4.79 Å². The molecule has 0 aliphatic rings. The molecular weight excluding hydrogens is 200 g/mol. The van der Waals surface area contributed by atoms with Gasteiger partial charge in [0.15, 0.2) is 0 Å². The van der Waals surface area contributed by atoms with Crippen LogP contribution in [0.25, 0.3) is 6.08 Å². The summed E-state index contributed by atoms with van der Waals surface area (Å²) in [6.45, 7) is 1.41. The maximum absolute atomic E-state index is 10.5. The molecule has 76 valence electrons. The predicted octanol–water partition coefficient (Wildman–Crippen LogP) is 1.69. The SMILES string of the molecule is CC(=O)OC/C(=C/c1ccsc1)CO. The second kappa shape index (κ2) is 5.57. The van der Waals surface area contributed by atoms with Gasteiger partial charge in [0.05, 0.1) is 6.61 Å². The van der Waals surface area contributed by atoms with E-state index in [4.69, 9.17) is 9.84 Å². The molecule has 0 aliphatic carbocycles. The van der Waals surface area contributed by atoms with Gasteiger partial charge in [-0.1, -0.05) is 0 Å². The third-order valence-corrected chi connectivity index (χ3v) is 2.28. The molecule has 0 bridgehead atoms. The van der Waals surface area contributed by atoms with Gasteiger partial charge in [0.1, 0.15) is 6.61 Å². The number of esters is 1. The summed E-state index contributed by atoms with van der Waals surface area (Å²) >= 11 is 1.58. The van der Waals surface area contributed by atoms with Crippen LogP contribution in [0.4, 0.5) is 0 Å². The highest BCUT2D eigenvalue weighted by Crippen LogP contribution is 2.11. The van der Waals surface area contributed by atoms with Crippen LogP contribution in [0.5, 0.6) is 0 Å². The molecule has 14 heavy (non-hydrogen) atoms. The minimum absolute atomic E-state index is 0.0941. The lowest BCUT2D eigenvalue weighted by atomic mass is 10.2. The molecular formula is C10H12O3S. The smallest absolute Gasteiger partial charge is 0.302 e. The summed E-state index contributed by atoms with van der Waals surface area (Å²) in [6, 6.07) is 1.94. The van der Waals surface area contributed by atoms with Crippen molar-refractivity contribution in [1.29, 1.82) is 0 Å². The molecule has 4 heteroatoms. The van der Waals surface area contributed by atoms with Crippen LogP contribution in [0.15, 0.2) is 22.4 Å². The van der Waals surface area contributed by atoms with Crippen LogP contribution in [-0.2, 0) is 9.53 Å². The molecule has 3 nitrogen and oxygen atoms in total. The quantitative estimate of drug-likeness (QED) is 0.772. The first-order valence-corrected chi connectivity index (χ1v) is 5.12. The van der Waals surface area contributed by atoms with Crippen LogP contribution < -0.4 is 0 Å². The van der Waals surface area contributed by atoms with Crippen molar-refractivity contribution in [3.63, 3.8) is 0 Å². The Bertz CT molecular complexity index is 314. The van der Waals surface area contributed by atoms with Gasteiger partial charge in [-0.2, -0.15) is 11.3 Å². The van der Waals surface area contributed by atoms with Crippen molar-refractivity contribution in [3.05, 3.63) is 28.0 Å². The molecule has 0 amide bonds. The molecule has 0 radical (unpaired) electrons. The molecule has 0 saturated carbocycles. The first-order chi connectivity index (χ1) is 6.72. The molecule has 0 aliphatic heterocycles. The fourth-order valence-corrected chi connectivity index (χ4v) is 1.54. The Morgan fingerprint density at radius 3 is 3.00 bits per heavy atom. The van der Waals surface area contributed by atoms with Crippen molar-refractivity contribution < 1.29 is 14.6 Å². The lowest BCUT2D eigenvalue weighted by Gasteiger charge is -2.03. The molecule has 0 unspecified atom stereocenters. The standard InChI is InChI=1S/C10H12O3S/c1-8(12)13-6-10(5-11)4-9-2-3-14-7-9/h2-4,7,11H,5-6H2,1H3/b10-4+. The first kappa shape index (κ1) is 10.9. The Kier molecular flexibility index (Phi) is 4.35. The highest BCUT2D eigenvalue weighted by Gasteiger charge is 1.99. The van der Waals surface area contributed by atoms with E-state index in [-0.39, 0.29) is 19.2 Å². The van der Waals surface area contributed by atoms with Crippen molar-refractivity contribution in [2.45, 2.75) is 6.92 Å². The highest BCUT2D eigenvalue weighted by molar-refractivity contribution is 7.08. The lowest BCUT2D eigenvalue weighted by molar-refractivity contribution is -0.140. The Balaban J connectivity index is 2.57. The van der Waals surface area contributed by atoms with Gasteiger partial charge < -0.3 is 9.84 Å². The summed E-state index contributed by atoms with van der Waals surface area (Å²) in [5.74, 6) is -0.338. The minimum atomic E-state index is -0.338. The number of carbonyl (C=O) groups excluding carboxylic acids is 1. The summed E-state index contributed by atoms with van der Waals surface area (Å²) in [6.07, 6.45) is 1.82. The van der Waals surface area contributed by atoms with E-state index in [1.54, 1.807) is 11.3 Å². The molecule has 0 fully saturated rings. The third-order valence-electron chi connectivity index (χ3n) is 1.58. The van der Waals surface area contributed by atoms with Crippen LogP contribution in [0.3, 0.4) is 0 Å². The Morgan fingerprint density at radius 1 is 1.71 bits per heavy atom. The number of aliphatic hydroxyl groups excluding tert-OH is 1. The maximum atomic E-state index is 10.5. The van der Waals surface area contributed by atoms with Crippen molar-refractivity contribution in [2.75, 3.05) is 13.2 Å². The summed E-state index contributed by atoms with van der Waals surface area (Å²) in [5, 5.41) is 12.9. The van der Waals surface area contributed by atoms with Gasteiger partial charge in [-0.15, -0.1) is 0 Å². The van der Waals surface area contributed by atoms with Crippen molar-refractivity contribution in [2.24, 2.45) is 0 Å². The lowest BCUT2D eigenvalue weighted by Crippen LogP contribution is -2.05. The summed E-state index contributed by atoms with van der Waals surface area (Å²) < 4.78 is 4.78. The summed E-state index contributed by atoms with van der Waals surface area (Å²) in [7, 11) is 0. The topological polar surface area (TPSA) is 46.5 Å². The van der Waals surface area contributed by atoms with Crippen molar-refractivity contribution >= 4 is 23.4 Å². The van der Waals surface area contributed by atoms with Crippen LogP contribution in [0.2, 0.25) is 0 Å². The number of hydrogen-bond donors (Lipinski definition) is 1. The number of hydrogen-bond acceptors (Lipinski definition) is 4. The van der Waals surface area contributed by atoms with Crippen LogP contribution >= 0.6 is 11.3 Å². The fraction of sp³-hybridized carbons (Fsp3) is 0.300. The second-order valence-electron chi connectivity index (χ2n) is 2.80. The highest BCUT2D eigenvalue weighted by atomic mass is 32.1. The van der Waals surface area contributed by atoms with Gasteiger partial charge in [0.2, 0.25) is 0 Å². The van der Waals surface area contributed by atoms with Crippen LogP contribution in [-0.4, -0.2) is 24.3 Å². The number of rotatable bonds is 4. The van der Waals surface area contributed by atoms with E-state index in [1.165, 1.54) is 6.92 Å². The zero-order chi connectivity index (χ0) is 10.4. The van der Waals surface area contributed by atoms with Gasteiger partial charge in [-0.05, 0) is 34.0 Å². The number of carbonyl (C=O) groups is 1. The fourth-order valence-electron chi connectivity index (χ4n) is 0.920. The van der Waals surface area contributed by atoms with Gasteiger partial charge in [0, 0.05) is 6.92 Å². The molecule has 1 aromatic rings. The molecule has 1 heterocycles. The summed E-state index contributed by atoms with van der Waals surface area (Å²) in [4.78, 5) is 10.5. The molecule has 0 spiro atoms. The molecule has 0 aromatic carbocycles. The zero-order valence-corrected chi connectivity index (χ0v) is 8.71. The van der Waals surface area contributed by atoms with E-state index in [0.29, 0.717) is 5.57 Å². The second-order valence-corrected chi connectivity index (χ2v) is 3.58. The predicted molar refractivity (Wildman–Crippen MR) is 56.0 cm³/mol. The average molecular weight is 212 g/mol. The number of thiophene rings is 1. The van der Waals surface area contributed by atoms with Crippen molar-refractivity contribution in [3.8, 4) is 0 Å². The summed E-state index contributed by atoms with van der Waals surface area (Å²) in [5.41, 5.74) is 1.71. The van der Waals surface area contributed by atoms with Crippen molar-refractivity contribution in [1.82, 2.24) is 0 Å². The zero-order valence-electron chi connectivity index (χ0n) is 7.90. The molecule has 1 rings (SSSR count). The Hall–Kier alpha value is -1.13. The van der Waals surface area contributed by atoms with Gasteiger partial charge in [-0.3, -0.25) is 4.79 Å². The maximum Gasteiger partial charge on any atom is 0.302 e. The van der Waals surface area contributed by atoms with E-state index >= 15 is 0 Å². The van der Waals surface area contributed by atoms with E-state index in [0.717, 1.165) is 5.56 Å². The molecule has 0 saturated heterocycles. The Morgan fingerprint density at radius 2 is 2.50 bits per heavy atom. The van der Waals surface area contributed by atoms with Crippen LogP contribution in [0.1, 0.15) is 12.5 Å². The van der Waals surface area contributed by atoms with E-state index < -0.39 is 0 Å². The Labute approximate surface area is 86.6 Å². The normalized spacial score (nSPS) is 11.4. The van der Waals surface area contributed by atoms with E-state index in [2.05, 4.69) is 0 Å². The third kappa shape index (κ3) is 3.72. The van der Waals surface area contributed by atoms with Crippen LogP contribution in [0, 0.1) is 0 Å². The molecule has 1 aromatic heterocycles. The average Bonchev–Trinajstić information content (AvgIpc) is 2.64. The molecule has 1 N–H and O–H groups in total. The minimum Gasteiger partial charge on any atom is -0.461 e. The molecule has 0 atom stereocenters.